The number of anilines is 2. The number of amides is 1. The molecule has 1 aromatic heterocycles. The average Bonchev–Trinajstić information content (AvgIpc) is 3.27. The van der Waals surface area contributed by atoms with Gasteiger partial charge in [0.05, 0.1) is 12.2 Å². The summed E-state index contributed by atoms with van der Waals surface area (Å²) in [5.74, 6) is 2.17. The molecule has 0 bridgehead atoms. The zero-order valence-electron chi connectivity index (χ0n) is 17.9. The molecule has 0 unspecified atom stereocenters. The summed E-state index contributed by atoms with van der Waals surface area (Å²) in [6.07, 6.45) is 1.54. The monoisotopic (exact) mass is 432 g/mol. The minimum absolute atomic E-state index is 0.0259. The quantitative estimate of drug-likeness (QED) is 0.670. The lowest BCUT2D eigenvalue weighted by molar-refractivity contribution is -0.0586. The fourth-order valence-corrected chi connectivity index (χ4v) is 3.98. The van der Waals surface area contributed by atoms with E-state index in [2.05, 4.69) is 10.3 Å². The van der Waals surface area contributed by atoms with E-state index < -0.39 is 0 Å². The number of hydrogen-bond donors (Lipinski definition) is 1. The number of ether oxygens (including phenoxy) is 3. The molecular formula is C24H24N4O4. The number of carbonyl (C=O) groups excluding carboxylic acids is 1. The van der Waals surface area contributed by atoms with Crippen molar-refractivity contribution in [3.8, 4) is 22.9 Å². The lowest BCUT2D eigenvalue weighted by Gasteiger charge is -2.35. The van der Waals surface area contributed by atoms with E-state index in [1.807, 2.05) is 62.4 Å². The second-order valence-corrected chi connectivity index (χ2v) is 7.98. The second kappa shape index (κ2) is 8.47. The Hall–Kier alpha value is -3.65. The molecule has 3 aromatic rings. The lowest BCUT2D eigenvalue weighted by atomic mass is 10.1. The highest BCUT2D eigenvalue weighted by Gasteiger charge is 2.29. The molecule has 0 saturated carbocycles. The highest BCUT2D eigenvalue weighted by Crippen LogP contribution is 2.35. The molecule has 1 fully saturated rings. The van der Waals surface area contributed by atoms with Crippen molar-refractivity contribution in [2.45, 2.75) is 26.1 Å². The molecule has 0 aliphatic carbocycles. The first-order valence-corrected chi connectivity index (χ1v) is 10.6. The van der Waals surface area contributed by atoms with Gasteiger partial charge < -0.3 is 24.4 Å². The van der Waals surface area contributed by atoms with Crippen LogP contribution in [0, 0.1) is 0 Å². The Bertz CT molecular complexity index is 1130. The van der Waals surface area contributed by atoms with Gasteiger partial charge in [0, 0.05) is 30.5 Å². The van der Waals surface area contributed by atoms with Gasteiger partial charge in [-0.1, -0.05) is 18.2 Å². The second-order valence-electron chi connectivity index (χ2n) is 7.98. The fraction of sp³-hybridized carbons (Fsp3) is 0.292. The molecule has 1 amide bonds. The van der Waals surface area contributed by atoms with Crippen LogP contribution in [-0.4, -0.2) is 52.9 Å². The molecule has 2 aromatic carbocycles. The summed E-state index contributed by atoms with van der Waals surface area (Å²) in [5, 5.41) is 3.29. The van der Waals surface area contributed by atoms with Crippen LogP contribution in [0.3, 0.4) is 0 Å². The van der Waals surface area contributed by atoms with Crippen LogP contribution < -0.4 is 14.8 Å². The van der Waals surface area contributed by atoms with E-state index in [4.69, 9.17) is 19.2 Å². The Morgan fingerprint density at radius 1 is 1.03 bits per heavy atom. The molecule has 8 heteroatoms. The maximum atomic E-state index is 13.4. The number of rotatable bonds is 4. The van der Waals surface area contributed by atoms with Crippen molar-refractivity contribution in [3.05, 3.63) is 60.3 Å². The summed E-state index contributed by atoms with van der Waals surface area (Å²) in [6, 6.07) is 15.2. The van der Waals surface area contributed by atoms with E-state index in [-0.39, 0.29) is 24.9 Å². The predicted octanol–water partition coefficient (Wildman–Crippen LogP) is 3.87. The maximum absolute atomic E-state index is 13.4. The molecule has 2 atom stereocenters. The Morgan fingerprint density at radius 2 is 1.78 bits per heavy atom. The van der Waals surface area contributed by atoms with Crippen molar-refractivity contribution in [3.63, 3.8) is 0 Å². The largest absolute Gasteiger partial charge is 0.454 e. The first-order chi connectivity index (χ1) is 15.6. The predicted molar refractivity (Wildman–Crippen MR) is 119 cm³/mol. The number of nitrogens with zero attached hydrogens (tertiary/aromatic N) is 3. The SMILES string of the molecule is C[C@@H]1CN(C(=O)c2cnc(-c3ccc4c(c3)OCO4)nc2Nc2ccccc2)C[C@H](C)O1. The number of fused-ring (bicyclic) bond motifs is 1. The van der Waals surface area contributed by atoms with Crippen molar-refractivity contribution in [2.24, 2.45) is 0 Å². The van der Waals surface area contributed by atoms with Gasteiger partial charge in [0.25, 0.3) is 5.91 Å². The summed E-state index contributed by atoms with van der Waals surface area (Å²) >= 11 is 0. The highest BCUT2D eigenvalue weighted by molar-refractivity contribution is 5.99. The molecular weight excluding hydrogens is 408 g/mol. The minimum Gasteiger partial charge on any atom is -0.454 e. The van der Waals surface area contributed by atoms with Gasteiger partial charge in [-0.3, -0.25) is 4.79 Å². The van der Waals surface area contributed by atoms with Crippen LogP contribution in [0.1, 0.15) is 24.2 Å². The fourth-order valence-electron chi connectivity index (χ4n) is 3.98. The summed E-state index contributed by atoms with van der Waals surface area (Å²) in [5.41, 5.74) is 2.03. The molecule has 164 valence electrons. The first-order valence-electron chi connectivity index (χ1n) is 10.6. The van der Waals surface area contributed by atoms with Crippen LogP contribution in [0.4, 0.5) is 11.5 Å². The zero-order chi connectivity index (χ0) is 22.1. The number of carbonyl (C=O) groups is 1. The van der Waals surface area contributed by atoms with Gasteiger partial charge in [0.2, 0.25) is 6.79 Å². The van der Waals surface area contributed by atoms with Crippen molar-refractivity contribution < 1.29 is 19.0 Å². The van der Waals surface area contributed by atoms with Crippen LogP contribution in [0.15, 0.2) is 54.7 Å². The van der Waals surface area contributed by atoms with E-state index in [0.717, 1.165) is 11.3 Å². The normalized spacial score (nSPS) is 19.6. The van der Waals surface area contributed by atoms with E-state index in [1.165, 1.54) is 0 Å². The molecule has 2 aliphatic rings. The Morgan fingerprint density at radius 3 is 2.56 bits per heavy atom. The molecule has 1 saturated heterocycles. The summed E-state index contributed by atoms with van der Waals surface area (Å²) < 4.78 is 16.7. The number of morpholine rings is 1. The third-order valence-electron chi connectivity index (χ3n) is 5.39. The molecule has 5 rings (SSSR count). The molecule has 32 heavy (non-hydrogen) atoms. The van der Waals surface area contributed by atoms with Crippen molar-refractivity contribution in [1.82, 2.24) is 14.9 Å². The van der Waals surface area contributed by atoms with E-state index in [9.17, 15) is 4.79 Å². The van der Waals surface area contributed by atoms with Gasteiger partial charge >= 0.3 is 0 Å². The number of aromatic nitrogens is 2. The summed E-state index contributed by atoms with van der Waals surface area (Å²) in [7, 11) is 0. The highest BCUT2D eigenvalue weighted by atomic mass is 16.7. The van der Waals surface area contributed by atoms with Gasteiger partial charge in [-0.15, -0.1) is 0 Å². The van der Waals surface area contributed by atoms with Gasteiger partial charge in [-0.2, -0.15) is 0 Å². The molecule has 3 heterocycles. The maximum Gasteiger partial charge on any atom is 0.259 e. The van der Waals surface area contributed by atoms with Crippen LogP contribution in [-0.2, 0) is 4.74 Å². The minimum atomic E-state index is -0.123. The van der Waals surface area contributed by atoms with E-state index in [1.54, 1.807) is 11.1 Å². The van der Waals surface area contributed by atoms with E-state index >= 15 is 0 Å². The van der Waals surface area contributed by atoms with Crippen LogP contribution in [0.25, 0.3) is 11.4 Å². The third kappa shape index (κ3) is 4.09. The molecule has 0 radical (unpaired) electrons. The standard InChI is InChI=1S/C24H24N4O4/c1-15-12-28(13-16(2)32-15)24(29)19-11-25-22(17-8-9-20-21(10-17)31-14-30-20)27-23(19)26-18-6-4-3-5-7-18/h3-11,15-16H,12-14H2,1-2H3,(H,25,26,27)/t15-,16+. The molecule has 8 nitrogen and oxygen atoms in total. The topological polar surface area (TPSA) is 85.8 Å². The van der Waals surface area contributed by atoms with Crippen LogP contribution >= 0.6 is 0 Å². The Labute approximate surface area is 186 Å². The average molecular weight is 432 g/mol. The van der Waals surface area contributed by atoms with E-state index in [0.29, 0.717) is 41.8 Å². The number of benzene rings is 2. The van der Waals surface area contributed by atoms with Crippen LogP contribution in [0.5, 0.6) is 11.5 Å². The molecule has 1 N–H and O–H groups in total. The van der Waals surface area contributed by atoms with Crippen molar-refractivity contribution in [1.29, 1.82) is 0 Å². The summed E-state index contributed by atoms with van der Waals surface area (Å²) in [4.78, 5) is 24.4. The van der Waals surface area contributed by atoms with Gasteiger partial charge in [-0.25, -0.2) is 9.97 Å². The third-order valence-corrected chi connectivity index (χ3v) is 5.39. The lowest BCUT2D eigenvalue weighted by Crippen LogP contribution is -2.48. The molecule has 0 spiro atoms. The number of nitrogens with one attached hydrogen (secondary N) is 1. The summed E-state index contributed by atoms with van der Waals surface area (Å²) in [6.45, 7) is 5.19. The van der Waals surface area contributed by atoms with Crippen molar-refractivity contribution in [2.75, 3.05) is 25.2 Å². The number of para-hydroxylation sites is 1. The van der Waals surface area contributed by atoms with Gasteiger partial charge in [0.15, 0.2) is 17.3 Å². The molecule has 2 aliphatic heterocycles. The number of hydrogen-bond acceptors (Lipinski definition) is 7. The van der Waals surface area contributed by atoms with Gasteiger partial charge in [0.1, 0.15) is 11.4 Å². The first kappa shape index (κ1) is 20.3. The van der Waals surface area contributed by atoms with Crippen LogP contribution in [0.2, 0.25) is 0 Å². The Balaban J connectivity index is 1.51. The smallest absolute Gasteiger partial charge is 0.259 e. The zero-order valence-corrected chi connectivity index (χ0v) is 17.9. The Kier molecular flexibility index (Phi) is 5.36. The van der Waals surface area contributed by atoms with Gasteiger partial charge in [-0.05, 0) is 44.2 Å². The van der Waals surface area contributed by atoms with Crippen molar-refractivity contribution >= 4 is 17.4 Å².